The largest absolute Gasteiger partial charge is 0.337 e. The number of benzene rings is 2. The van der Waals surface area contributed by atoms with Crippen LogP contribution in [0.1, 0.15) is 6.92 Å². The predicted octanol–water partition coefficient (Wildman–Crippen LogP) is 4.85. The summed E-state index contributed by atoms with van der Waals surface area (Å²) in [6.07, 6.45) is 0. The lowest BCUT2D eigenvalue weighted by molar-refractivity contribution is -0.114. The number of anilines is 4. The minimum atomic E-state index is -3.90. The van der Waals surface area contributed by atoms with Crippen molar-refractivity contribution in [1.29, 1.82) is 0 Å². The van der Waals surface area contributed by atoms with Crippen molar-refractivity contribution in [1.82, 2.24) is 9.97 Å². The molecule has 0 bridgehead atoms. The molecule has 0 saturated carbocycles. The van der Waals surface area contributed by atoms with E-state index in [1.807, 2.05) is 6.07 Å². The summed E-state index contributed by atoms with van der Waals surface area (Å²) in [6, 6.07) is 17.0. The molecule has 0 spiro atoms. The number of carbonyl (C=O) groups excluding carboxylic acids is 1. The highest BCUT2D eigenvalue weighted by molar-refractivity contribution is 7.94. The van der Waals surface area contributed by atoms with Gasteiger partial charge in [-0.25, -0.2) is 18.4 Å². The van der Waals surface area contributed by atoms with Crippen LogP contribution in [0.5, 0.6) is 0 Å². The van der Waals surface area contributed by atoms with Gasteiger partial charge in [-0.3, -0.25) is 9.52 Å². The van der Waals surface area contributed by atoms with Crippen LogP contribution in [0.3, 0.4) is 0 Å². The number of carbonyl (C=O) groups is 1. The first-order valence-corrected chi connectivity index (χ1v) is 11.7. The Balaban J connectivity index is 1.70. The standard InChI is InChI=1S/C20H16ClN5O3S2/c1-12(27)22-13-6-8-14(9-7-13)23-19-20(25-16-5-3-2-4-15(16)24-19)26-31(28,29)18-11-10-17(21)30-18/h2-11H,1H3,(H,22,27)(H,23,24)(H,25,26). The van der Waals surface area contributed by atoms with Crippen LogP contribution in [0.2, 0.25) is 4.34 Å². The van der Waals surface area contributed by atoms with Crippen LogP contribution in [-0.4, -0.2) is 24.3 Å². The molecule has 3 N–H and O–H groups in total. The first-order chi connectivity index (χ1) is 14.8. The number of sulfonamides is 1. The summed E-state index contributed by atoms with van der Waals surface area (Å²) < 4.78 is 28.5. The minimum Gasteiger partial charge on any atom is -0.337 e. The molecule has 31 heavy (non-hydrogen) atoms. The van der Waals surface area contributed by atoms with Gasteiger partial charge in [0.15, 0.2) is 11.6 Å². The fourth-order valence-corrected chi connectivity index (χ4v) is 5.25. The van der Waals surface area contributed by atoms with Gasteiger partial charge in [-0.1, -0.05) is 23.7 Å². The summed E-state index contributed by atoms with van der Waals surface area (Å²) in [7, 11) is -3.90. The fraction of sp³-hybridized carbons (Fsp3) is 0.0500. The lowest BCUT2D eigenvalue weighted by Crippen LogP contribution is -2.15. The summed E-state index contributed by atoms with van der Waals surface area (Å²) in [6.45, 7) is 1.43. The zero-order chi connectivity index (χ0) is 22.0. The number of para-hydroxylation sites is 2. The number of nitrogens with zero attached hydrogens (tertiary/aromatic N) is 2. The first kappa shape index (κ1) is 21.0. The van der Waals surface area contributed by atoms with Crippen molar-refractivity contribution in [3.63, 3.8) is 0 Å². The molecule has 0 aliphatic heterocycles. The molecule has 0 atom stereocenters. The molecular formula is C20H16ClN5O3S2. The number of nitrogens with one attached hydrogen (secondary N) is 3. The van der Waals surface area contributed by atoms with Gasteiger partial charge in [-0.05, 0) is 48.5 Å². The topological polar surface area (TPSA) is 113 Å². The van der Waals surface area contributed by atoms with Crippen LogP contribution >= 0.6 is 22.9 Å². The average Bonchev–Trinajstić information content (AvgIpc) is 3.17. The molecule has 158 valence electrons. The SMILES string of the molecule is CC(=O)Nc1ccc(Nc2nc3ccccc3nc2NS(=O)(=O)c2ccc(Cl)s2)cc1. The van der Waals surface area contributed by atoms with Crippen LogP contribution < -0.4 is 15.4 Å². The molecule has 2 heterocycles. The van der Waals surface area contributed by atoms with E-state index in [0.29, 0.717) is 26.7 Å². The molecular weight excluding hydrogens is 458 g/mol. The Morgan fingerprint density at radius 3 is 2.10 bits per heavy atom. The van der Waals surface area contributed by atoms with Crippen LogP contribution in [0.15, 0.2) is 64.9 Å². The van der Waals surface area contributed by atoms with Crippen LogP contribution in [-0.2, 0) is 14.8 Å². The van der Waals surface area contributed by atoms with Gasteiger partial charge in [0.05, 0.1) is 15.4 Å². The van der Waals surface area contributed by atoms with Crippen LogP contribution in [0.25, 0.3) is 11.0 Å². The van der Waals surface area contributed by atoms with Gasteiger partial charge < -0.3 is 10.6 Å². The molecule has 0 aliphatic rings. The quantitative estimate of drug-likeness (QED) is 0.369. The van der Waals surface area contributed by atoms with Gasteiger partial charge in [0.2, 0.25) is 5.91 Å². The molecule has 0 saturated heterocycles. The van der Waals surface area contributed by atoms with Crippen molar-refractivity contribution in [2.24, 2.45) is 0 Å². The summed E-state index contributed by atoms with van der Waals surface area (Å²) >= 11 is 6.84. The molecule has 4 aromatic rings. The molecule has 8 nitrogen and oxygen atoms in total. The molecule has 4 rings (SSSR count). The van der Waals surface area contributed by atoms with Crippen molar-refractivity contribution in [3.8, 4) is 0 Å². The van der Waals surface area contributed by atoms with E-state index in [0.717, 1.165) is 11.3 Å². The van der Waals surface area contributed by atoms with E-state index in [4.69, 9.17) is 11.6 Å². The third-order valence-electron chi connectivity index (χ3n) is 4.08. The molecule has 2 aromatic carbocycles. The normalized spacial score (nSPS) is 11.3. The number of amides is 1. The molecule has 1 amide bonds. The zero-order valence-corrected chi connectivity index (χ0v) is 18.5. The lowest BCUT2D eigenvalue weighted by Gasteiger charge is -2.13. The molecule has 0 radical (unpaired) electrons. The predicted molar refractivity (Wildman–Crippen MR) is 124 cm³/mol. The molecule has 0 fully saturated rings. The van der Waals surface area contributed by atoms with Gasteiger partial charge in [-0.2, -0.15) is 0 Å². The second-order valence-corrected chi connectivity index (χ2v) is 10.1. The summed E-state index contributed by atoms with van der Waals surface area (Å²) in [5, 5.41) is 5.78. The summed E-state index contributed by atoms with van der Waals surface area (Å²) in [4.78, 5) is 20.2. The first-order valence-electron chi connectivity index (χ1n) is 9.00. The number of fused-ring (bicyclic) bond motifs is 1. The Morgan fingerprint density at radius 1 is 0.903 bits per heavy atom. The Kier molecular flexibility index (Phi) is 5.77. The van der Waals surface area contributed by atoms with Gasteiger partial charge in [0, 0.05) is 18.3 Å². The van der Waals surface area contributed by atoms with Gasteiger partial charge >= 0.3 is 0 Å². The lowest BCUT2D eigenvalue weighted by atomic mass is 10.2. The average molecular weight is 474 g/mol. The second-order valence-electron chi connectivity index (χ2n) is 6.46. The minimum absolute atomic E-state index is 0.0501. The number of aromatic nitrogens is 2. The number of thiophene rings is 1. The van der Waals surface area contributed by atoms with Crippen molar-refractivity contribution >= 4 is 72.9 Å². The fourth-order valence-electron chi connectivity index (χ4n) is 2.75. The van der Waals surface area contributed by atoms with E-state index in [9.17, 15) is 13.2 Å². The van der Waals surface area contributed by atoms with E-state index in [1.165, 1.54) is 19.1 Å². The molecule has 0 unspecified atom stereocenters. The highest BCUT2D eigenvalue weighted by Gasteiger charge is 2.21. The van der Waals surface area contributed by atoms with Crippen molar-refractivity contribution in [3.05, 3.63) is 65.0 Å². The Bertz CT molecular complexity index is 1370. The highest BCUT2D eigenvalue weighted by Crippen LogP contribution is 2.30. The molecule has 2 aromatic heterocycles. The van der Waals surface area contributed by atoms with Crippen molar-refractivity contribution < 1.29 is 13.2 Å². The van der Waals surface area contributed by atoms with Crippen LogP contribution in [0.4, 0.5) is 23.0 Å². The van der Waals surface area contributed by atoms with E-state index < -0.39 is 10.0 Å². The number of halogens is 1. The second kappa shape index (κ2) is 8.50. The number of hydrogen-bond donors (Lipinski definition) is 3. The monoisotopic (exact) mass is 473 g/mol. The van der Waals surface area contributed by atoms with E-state index >= 15 is 0 Å². The van der Waals surface area contributed by atoms with E-state index in [1.54, 1.807) is 42.5 Å². The third-order valence-corrected chi connectivity index (χ3v) is 7.14. The Morgan fingerprint density at radius 2 is 1.52 bits per heavy atom. The van der Waals surface area contributed by atoms with Gasteiger partial charge in [0.1, 0.15) is 4.21 Å². The van der Waals surface area contributed by atoms with Crippen LogP contribution in [0, 0.1) is 0 Å². The van der Waals surface area contributed by atoms with Crippen molar-refractivity contribution in [2.75, 3.05) is 15.4 Å². The maximum Gasteiger partial charge on any atom is 0.272 e. The van der Waals surface area contributed by atoms with E-state index in [-0.39, 0.29) is 21.8 Å². The number of hydrogen-bond acceptors (Lipinski definition) is 7. The summed E-state index contributed by atoms with van der Waals surface area (Å²) in [5.41, 5.74) is 2.41. The maximum atomic E-state index is 12.8. The van der Waals surface area contributed by atoms with E-state index in [2.05, 4.69) is 25.3 Å². The van der Waals surface area contributed by atoms with Gasteiger partial charge in [0.25, 0.3) is 10.0 Å². The Labute approximate surface area is 187 Å². The smallest absolute Gasteiger partial charge is 0.272 e. The number of rotatable bonds is 6. The van der Waals surface area contributed by atoms with Gasteiger partial charge in [-0.15, -0.1) is 11.3 Å². The maximum absolute atomic E-state index is 12.8. The van der Waals surface area contributed by atoms with Crippen molar-refractivity contribution in [2.45, 2.75) is 11.1 Å². The molecule has 11 heteroatoms. The molecule has 0 aliphatic carbocycles. The Hall–Kier alpha value is -3.21. The summed E-state index contributed by atoms with van der Waals surface area (Å²) in [5.74, 6) is 0.109. The third kappa shape index (κ3) is 4.93. The highest BCUT2D eigenvalue weighted by atomic mass is 35.5. The zero-order valence-electron chi connectivity index (χ0n) is 16.1.